The number of ether oxygens (including phenoxy) is 1. The summed E-state index contributed by atoms with van der Waals surface area (Å²) in [5.41, 5.74) is 0.847. The van der Waals surface area contributed by atoms with Gasteiger partial charge in [0.25, 0.3) is 0 Å². The molecular formula is C21H22N2O4. The van der Waals surface area contributed by atoms with E-state index >= 15 is 0 Å². The Morgan fingerprint density at radius 1 is 1.22 bits per heavy atom. The lowest BCUT2D eigenvalue weighted by Gasteiger charge is -2.27. The number of aliphatic hydroxyl groups is 1. The zero-order valence-corrected chi connectivity index (χ0v) is 15.1. The summed E-state index contributed by atoms with van der Waals surface area (Å²) in [6, 6.07) is 14.5. The zero-order chi connectivity index (χ0) is 19.3. The minimum absolute atomic E-state index is 0.00952. The van der Waals surface area contributed by atoms with Gasteiger partial charge in [0.05, 0.1) is 23.7 Å². The fourth-order valence-corrected chi connectivity index (χ4v) is 3.45. The number of nitrogens with zero attached hydrogens (tertiary/aromatic N) is 2. The lowest BCUT2D eigenvalue weighted by molar-refractivity contribution is -0.386. The molecule has 1 heterocycles. The number of nitro benzene ring substituents is 1. The predicted octanol–water partition coefficient (Wildman–Crippen LogP) is 4.04. The van der Waals surface area contributed by atoms with Gasteiger partial charge in [-0.1, -0.05) is 48.5 Å². The van der Waals surface area contributed by atoms with Gasteiger partial charge in [-0.25, -0.2) is 0 Å². The molecule has 2 aromatic carbocycles. The Kier molecular flexibility index (Phi) is 5.66. The predicted molar refractivity (Wildman–Crippen MR) is 104 cm³/mol. The Bertz CT molecular complexity index is 850. The Morgan fingerprint density at radius 3 is 2.63 bits per heavy atom. The van der Waals surface area contributed by atoms with E-state index < -0.39 is 16.6 Å². The Morgan fingerprint density at radius 2 is 2.00 bits per heavy atom. The molecule has 3 rings (SSSR count). The lowest BCUT2D eigenvalue weighted by atomic mass is 9.85. The van der Waals surface area contributed by atoms with Crippen LogP contribution in [0.1, 0.15) is 30.1 Å². The second kappa shape index (κ2) is 8.14. The maximum absolute atomic E-state index is 11.5. The van der Waals surface area contributed by atoms with Gasteiger partial charge < -0.3 is 9.84 Å². The van der Waals surface area contributed by atoms with Gasteiger partial charge in [-0.05, 0) is 30.5 Å². The third-order valence-corrected chi connectivity index (χ3v) is 4.87. The molecule has 0 aliphatic carbocycles. The zero-order valence-electron chi connectivity index (χ0n) is 15.1. The third kappa shape index (κ3) is 4.23. The lowest BCUT2D eigenvalue weighted by Crippen LogP contribution is -2.26. The van der Waals surface area contributed by atoms with Gasteiger partial charge in [-0.15, -0.1) is 0 Å². The minimum atomic E-state index is -0.661. The number of methoxy groups -OCH3 is 1. The van der Waals surface area contributed by atoms with Crippen molar-refractivity contribution >= 4 is 11.9 Å². The summed E-state index contributed by atoms with van der Waals surface area (Å²) in [5.74, 6) is 0.251. The van der Waals surface area contributed by atoms with Crippen LogP contribution in [-0.2, 0) is 6.42 Å². The summed E-state index contributed by atoms with van der Waals surface area (Å²) in [7, 11) is 1.42. The van der Waals surface area contributed by atoms with E-state index in [-0.39, 0.29) is 11.4 Å². The number of para-hydroxylation sites is 1. The summed E-state index contributed by atoms with van der Waals surface area (Å²) in [6.07, 6.45) is 6.31. The molecule has 1 N–H and O–H groups in total. The first-order valence-corrected chi connectivity index (χ1v) is 8.81. The standard InChI is InChI=1S/C21H22N2O4/c1-27-19-10-5-9-17(20(19)23(25)26)11-13-21(12-6-14-22-21)15-18(24)16-7-3-2-4-8-16/h2-10,12,14,18,24H,11,13,15H2,1H3. The Labute approximate surface area is 158 Å². The van der Waals surface area contributed by atoms with Gasteiger partial charge in [0.15, 0.2) is 5.75 Å². The molecule has 140 valence electrons. The molecule has 2 unspecified atom stereocenters. The van der Waals surface area contributed by atoms with Crippen molar-refractivity contribution < 1.29 is 14.8 Å². The summed E-state index contributed by atoms with van der Waals surface area (Å²) >= 11 is 0. The van der Waals surface area contributed by atoms with Gasteiger partial charge in [0.1, 0.15) is 0 Å². The van der Waals surface area contributed by atoms with Crippen LogP contribution in [0, 0.1) is 10.1 Å². The van der Waals surface area contributed by atoms with Gasteiger partial charge in [0, 0.05) is 18.2 Å². The molecule has 1 aliphatic heterocycles. The number of nitro groups is 1. The van der Waals surface area contributed by atoms with Crippen molar-refractivity contribution in [3.8, 4) is 5.75 Å². The first-order chi connectivity index (χ1) is 13.0. The maximum atomic E-state index is 11.5. The number of benzene rings is 2. The van der Waals surface area contributed by atoms with E-state index in [2.05, 4.69) is 4.99 Å². The van der Waals surface area contributed by atoms with Crippen LogP contribution in [0.3, 0.4) is 0 Å². The van der Waals surface area contributed by atoms with E-state index in [1.165, 1.54) is 7.11 Å². The third-order valence-electron chi connectivity index (χ3n) is 4.87. The summed E-state index contributed by atoms with van der Waals surface area (Å²) < 4.78 is 5.14. The van der Waals surface area contributed by atoms with E-state index in [9.17, 15) is 15.2 Å². The molecule has 0 saturated carbocycles. The van der Waals surface area contributed by atoms with Crippen molar-refractivity contribution in [1.29, 1.82) is 0 Å². The van der Waals surface area contributed by atoms with Crippen molar-refractivity contribution in [2.45, 2.75) is 30.9 Å². The van der Waals surface area contributed by atoms with E-state index in [1.54, 1.807) is 24.4 Å². The topological polar surface area (TPSA) is 85.0 Å². The first-order valence-electron chi connectivity index (χ1n) is 8.81. The monoisotopic (exact) mass is 366 g/mol. The van der Waals surface area contributed by atoms with Crippen LogP contribution in [0.15, 0.2) is 65.7 Å². The molecule has 0 saturated heterocycles. The molecule has 0 amide bonds. The Balaban J connectivity index is 1.79. The van der Waals surface area contributed by atoms with Crippen LogP contribution in [0.4, 0.5) is 5.69 Å². The number of allylic oxidation sites excluding steroid dienone is 1. The van der Waals surface area contributed by atoms with Crippen LogP contribution >= 0.6 is 0 Å². The van der Waals surface area contributed by atoms with Gasteiger partial charge in [-0.3, -0.25) is 15.1 Å². The molecule has 2 aromatic rings. The van der Waals surface area contributed by atoms with Crippen LogP contribution in [0.5, 0.6) is 5.75 Å². The number of rotatable bonds is 8. The molecular weight excluding hydrogens is 344 g/mol. The summed E-state index contributed by atoms with van der Waals surface area (Å²) in [6.45, 7) is 0. The summed E-state index contributed by atoms with van der Waals surface area (Å²) in [4.78, 5) is 15.6. The molecule has 0 spiro atoms. The number of hydrogen-bond donors (Lipinski definition) is 1. The van der Waals surface area contributed by atoms with Gasteiger partial charge in [0.2, 0.25) is 0 Å². The highest BCUT2D eigenvalue weighted by Crippen LogP contribution is 2.37. The largest absolute Gasteiger partial charge is 0.490 e. The normalized spacial score (nSPS) is 19.2. The molecule has 0 aromatic heterocycles. The average molecular weight is 366 g/mol. The number of aliphatic imine (C=N–C) groups is 1. The van der Waals surface area contributed by atoms with Crippen molar-refractivity contribution in [2.24, 2.45) is 4.99 Å². The number of aryl methyl sites for hydroxylation is 1. The van der Waals surface area contributed by atoms with E-state index in [0.29, 0.717) is 24.8 Å². The highest BCUT2D eigenvalue weighted by Gasteiger charge is 2.32. The van der Waals surface area contributed by atoms with Crippen molar-refractivity contribution in [2.75, 3.05) is 7.11 Å². The molecule has 0 bridgehead atoms. The number of aliphatic hydroxyl groups excluding tert-OH is 1. The molecule has 6 nitrogen and oxygen atoms in total. The second-order valence-corrected chi connectivity index (χ2v) is 6.60. The Hall–Kier alpha value is -2.99. The van der Waals surface area contributed by atoms with Crippen molar-refractivity contribution in [1.82, 2.24) is 0 Å². The minimum Gasteiger partial charge on any atom is -0.490 e. The summed E-state index contributed by atoms with van der Waals surface area (Å²) in [5, 5.41) is 22.1. The second-order valence-electron chi connectivity index (χ2n) is 6.60. The van der Waals surface area contributed by atoms with E-state index in [1.807, 2.05) is 42.5 Å². The quantitative estimate of drug-likeness (QED) is 0.564. The smallest absolute Gasteiger partial charge is 0.314 e. The van der Waals surface area contributed by atoms with Gasteiger partial charge in [-0.2, -0.15) is 0 Å². The van der Waals surface area contributed by atoms with Crippen LogP contribution in [0.2, 0.25) is 0 Å². The first kappa shape index (κ1) is 18.8. The van der Waals surface area contributed by atoms with E-state index in [0.717, 1.165) is 5.56 Å². The number of hydrogen-bond acceptors (Lipinski definition) is 5. The van der Waals surface area contributed by atoms with E-state index in [4.69, 9.17) is 4.74 Å². The van der Waals surface area contributed by atoms with Crippen molar-refractivity contribution in [3.63, 3.8) is 0 Å². The maximum Gasteiger partial charge on any atom is 0.314 e. The SMILES string of the molecule is COc1cccc(CCC2(CC(O)c3ccccc3)C=CC=N2)c1[N+](=O)[O-]. The average Bonchev–Trinajstić information content (AvgIpc) is 3.15. The molecule has 6 heteroatoms. The van der Waals surface area contributed by atoms with Crippen LogP contribution in [0.25, 0.3) is 0 Å². The molecule has 0 radical (unpaired) electrons. The fraction of sp³-hybridized carbons (Fsp3) is 0.286. The van der Waals surface area contributed by atoms with Crippen LogP contribution in [-0.4, -0.2) is 28.9 Å². The molecule has 0 fully saturated rings. The molecule has 1 aliphatic rings. The highest BCUT2D eigenvalue weighted by atomic mass is 16.6. The fourth-order valence-electron chi connectivity index (χ4n) is 3.45. The van der Waals surface area contributed by atoms with Crippen LogP contribution < -0.4 is 4.74 Å². The van der Waals surface area contributed by atoms with Crippen molar-refractivity contribution in [3.05, 3.63) is 81.9 Å². The molecule has 27 heavy (non-hydrogen) atoms. The van der Waals surface area contributed by atoms with Gasteiger partial charge >= 0.3 is 5.69 Å². The molecule has 2 atom stereocenters. The highest BCUT2D eigenvalue weighted by molar-refractivity contribution is 5.75.